The fourth-order valence-electron chi connectivity index (χ4n) is 2.20. The lowest BCUT2D eigenvalue weighted by Gasteiger charge is -2.15. The molecule has 2 rings (SSSR count). The van der Waals surface area contributed by atoms with Gasteiger partial charge in [-0.15, -0.1) is 0 Å². The number of carbonyl (C=O) groups excluding carboxylic acids is 2. The Hall–Kier alpha value is -2.93. The van der Waals surface area contributed by atoms with Crippen molar-refractivity contribution in [1.82, 2.24) is 0 Å². The first kappa shape index (κ1) is 20.4. The molecule has 0 saturated carbocycles. The summed E-state index contributed by atoms with van der Waals surface area (Å²) >= 11 is 6.03. The van der Waals surface area contributed by atoms with Crippen molar-refractivity contribution >= 4 is 29.2 Å². The van der Waals surface area contributed by atoms with Crippen molar-refractivity contribution in [3.63, 3.8) is 0 Å². The maximum atomic E-state index is 12.3. The first-order chi connectivity index (χ1) is 12.9. The Balaban J connectivity index is 2.05. The average molecular weight is 394 g/mol. The third kappa shape index (κ3) is 5.27. The zero-order chi connectivity index (χ0) is 20.0. The summed E-state index contributed by atoms with van der Waals surface area (Å²) in [7, 11) is 4.44. The van der Waals surface area contributed by atoms with E-state index in [0.29, 0.717) is 28.0 Å². The van der Waals surface area contributed by atoms with Gasteiger partial charge in [-0.2, -0.15) is 0 Å². The second kappa shape index (κ2) is 9.14. The molecule has 0 saturated heterocycles. The van der Waals surface area contributed by atoms with Crippen molar-refractivity contribution in [3.05, 3.63) is 47.0 Å². The van der Waals surface area contributed by atoms with Gasteiger partial charge in [0.2, 0.25) is 0 Å². The van der Waals surface area contributed by atoms with E-state index in [1.807, 2.05) is 0 Å². The van der Waals surface area contributed by atoms with Crippen LogP contribution in [0.25, 0.3) is 0 Å². The molecule has 1 amide bonds. The minimum atomic E-state index is -1.03. The SMILES string of the molecule is COc1cc(OC)cc(C(=O)O[C@H](C)C(=O)Nc2ccc(OC)c(Cl)c2)c1. The minimum Gasteiger partial charge on any atom is -0.497 e. The Bertz CT molecular complexity index is 817. The predicted molar refractivity (Wildman–Crippen MR) is 101 cm³/mol. The number of methoxy groups -OCH3 is 3. The molecule has 0 heterocycles. The molecule has 7 nitrogen and oxygen atoms in total. The maximum Gasteiger partial charge on any atom is 0.339 e. The van der Waals surface area contributed by atoms with Crippen molar-refractivity contribution in [2.75, 3.05) is 26.6 Å². The fourth-order valence-corrected chi connectivity index (χ4v) is 2.45. The van der Waals surface area contributed by atoms with E-state index in [-0.39, 0.29) is 5.56 Å². The molecule has 0 aliphatic rings. The summed E-state index contributed by atoms with van der Waals surface area (Å²) in [6.45, 7) is 1.47. The number of hydrogen-bond acceptors (Lipinski definition) is 6. The summed E-state index contributed by atoms with van der Waals surface area (Å²) in [6.07, 6.45) is -1.03. The molecule has 0 aliphatic heterocycles. The van der Waals surface area contributed by atoms with Crippen LogP contribution in [0.2, 0.25) is 5.02 Å². The van der Waals surface area contributed by atoms with Gasteiger partial charge >= 0.3 is 5.97 Å². The van der Waals surface area contributed by atoms with Gasteiger partial charge in [0.1, 0.15) is 17.2 Å². The average Bonchev–Trinajstić information content (AvgIpc) is 2.67. The number of hydrogen-bond donors (Lipinski definition) is 1. The van der Waals surface area contributed by atoms with Gasteiger partial charge in [0.05, 0.1) is 31.9 Å². The number of esters is 1. The highest BCUT2D eigenvalue weighted by molar-refractivity contribution is 6.32. The Labute approximate surface area is 162 Å². The number of anilines is 1. The summed E-state index contributed by atoms with van der Waals surface area (Å²) in [4.78, 5) is 24.6. The predicted octanol–water partition coefficient (Wildman–Crippen LogP) is 3.55. The third-order valence-electron chi connectivity index (χ3n) is 3.66. The zero-order valence-electron chi connectivity index (χ0n) is 15.4. The lowest BCUT2D eigenvalue weighted by atomic mass is 10.2. The van der Waals surface area contributed by atoms with Crippen molar-refractivity contribution in [2.45, 2.75) is 13.0 Å². The Morgan fingerprint density at radius 1 is 0.963 bits per heavy atom. The van der Waals surface area contributed by atoms with E-state index in [2.05, 4.69) is 5.32 Å². The lowest BCUT2D eigenvalue weighted by Crippen LogP contribution is -2.30. The molecule has 144 valence electrons. The summed E-state index contributed by atoms with van der Waals surface area (Å²) in [6, 6.07) is 9.42. The van der Waals surface area contributed by atoms with Gasteiger partial charge in [-0.05, 0) is 37.3 Å². The fraction of sp³-hybridized carbons (Fsp3) is 0.263. The minimum absolute atomic E-state index is 0.207. The van der Waals surface area contributed by atoms with Crippen LogP contribution in [-0.2, 0) is 9.53 Å². The highest BCUT2D eigenvalue weighted by Crippen LogP contribution is 2.27. The number of rotatable bonds is 7. The standard InChI is InChI=1S/C19H20ClNO6/c1-11(18(22)21-13-5-6-17(26-4)16(20)9-13)27-19(23)12-7-14(24-2)10-15(8-12)25-3/h5-11H,1-4H3,(H,21,22)/t11-/m1/s1. The number of benzene rings is 2. The molecule has 0 spiro atoms. The van der Waals surface area contributed by atoms with E-state index in [4.69, 9.17) is 30.5 Å². The zero-order valence-corrected chi connectivity index (χ0v) is 16.1. The van der Waals surface area contributed by atoms with Crippen LogP contribution in [0.5, 0.6) is 17.2 Å². The molecule has 0 aromatic heterocycles. The summed E-state index contributed by atoms with van der Waals surface area (Å²) in [5.74, 6) is 0.181. The van der Waals surface area contributed by atoms with Gasteiger partial charge in [-0.25, -0.2) is 4.79 Å². The molecule has 8 heteroatoms. The highest BCUT2D eigenvalue weighted by atomic mass is 35.5. The number of amides is 1. The van der Waals surface area contributed by atoms with E-state index >= 15 is 0 Å². The Morgan fingerprint density at radius 3 is 2.11 bits per heavy atom. The summed E-state index contributed by atoms with van der Waals surface area (Å²) in [5, 5.41) is 2.98. The van der Waals surface area contributed by atoms with Crippen molar-refractivity contribution in [1.29, 1.82) is 0 Å². The Kier molecular flexibility index (Phi) is 6.90. The molecule has 0 aliphatic carbocycles. The number of halogens is 1. The van der Waals surface area contributed by atoms with Crippen LogP contribution in [0, 0.1) is 0 Å². The van der Waals surface area contributed by atoms with Gasteiger partial charge in [0.15, 0.2) is 6.10 Å². The number of carbonyl (C=O) groups is 2. The van der Waals surface area contributed by atoms with Gasteiger partial charge < -0.3 is 24.3 Å². The van der Waals surface area contributed by atoms with E-state index in [1.165, 1.54) is 40.4 Å². The second-order valence-corrected chi connectivity index (χ2v) is 5.89. The smallest absolute Gasteiger partial charge is 0.339 e. The monoisotopic (exact) mass is 393 g/mol. The molecule has 0 radical (unpaired) electrons. The van der Waals surface area contributed by atoms with E-state index in [1.54, 1.807) is 24.3 Å². The number of nitrogens with one attached hydrogen (secondary N) is 1. The molecule has 27 heavy (non-hydrogen) atoms. The summed E-state index contributed by atoms with van der Waals surface area (Å²) in [5.41, 5.74) is 0.662. The summed E-state index contributed by atoms with van der Waals surface area (Å²) < 4.78 is 20.5. The lowest BCUT2D eigenvalue weighted by molar-refractivity contribution is -0.123. The van der Waals surface area contributed by atoms with Crippen molar-refractivity contribution < 1.29 is 28.5 Å². The van der Waals surface area contributed by atoms with E-state index < -0.39 is 18.0 Å². The topological polar surface area (TPSA) is 83.1 Å². The number of ether oxygens (including phenoxy) is 4. The van der Waals surface area contributed by atoms with Crippen LogP contribution in [0.4, 0.5) is 5.69 Å². The first-order valence-electron chi connectivity index (χ1n) is 7.96. The molecular weight excluding hydrogens is 374 g/mol. The van der Waals surface area contributed by atoms with Gasteiger partial charge in [-0.1, -0.05) is 11.6 Å². The van der Waals surface area contributed by atoms with Crippen LogP contribution < -0.4 is 19.5 Å². The van der Waals surface area contributed by atoms with Gasteiger partial charge in [-0.3, -0.25) is 4.79 Å². The molecule has 2 aromatic carbocycles. The van der Waals surface area contributed by atoms with E-state index in [9.17, 15) is 9.59 Å². The van der Waals surface area contributed by atoms with Crippen LogP contribution in [0.3, 0.4) is 0 Å². The third-order valence-corrected chi connectivity index (χ3v) is 3.95. The van der Waals surface area contributed by atoms with Gasteiger partial charge in [0.25, 0.3) is 5.91 Å². The van der Waals surface area contributed by atoms with E-state index in [0.717, 1.165) is 0 Å². The Morgan fingerprint density at radius 2 is 1.59 bits per heavy atom. The molecule has 0 bridgehead atoms. The van der Waals surface area contributed by atoms with Crippen LogP contribution in [0.15, 0.2) is 36.4 Å². The molecule has 0 unspecified atom stereocenters. The van der Waals surface area contributed by atoms with Crippen LogP contribution >= 0.6 is 11.6 Å². The molecule has 0 fully saturated rings. The molecular formula is C19H20ClNO6. The van der Waals surface area contributed by atoms with Crippen molar-refractivity contribution in [3.8, 4) is 17.2 Å². The molecule has 1 atom stereocenters. The normalized spacial score (nSPS) is 11.3. The van der Waals surface area contributed by atoms with Crippen LogP contribution in [0.1, 0.15) is 17.3 Å². The highest BCUT2D eigenvalue weighted by Gasteiger charge is 2.20. The van der Waals surface area contributed by atoms with Crippen molar-refractivity contribution in [2.24, 2.45) is 0 Å². The quantitative estimate of drug-likeness (QED) is 0.724. The second-order valence-electron chi connectivity index (χ2n) is 5.49. The first-order valence-corrected chi connectivity index (χ1v) is 8.34. The largest absolute Gasteiger partial charge is 0.497 e. The molecule has 2 aromatic rings. The molecule has 1 N–H and O–H groups in total. The van der Waals surface area contributed by atoms with Gasteiger partial charge in [0, 0.05) is 11.8 Å². The van der Waals surface area contributed by atoms with Crippen LogP contribution in [-0.4, -0.2) is 39.3 Å². The maximum absolute atomic E-state index is 12.3.